The largest absolute Gasteiger partial charge is 0.394 e. The number of hydrogen-bond donors (Lipinski definition) is 4. The molecule has 0 radical (unpaired) electrons. The van der Waals surface area contributed by atoms with Gasteiger partial charge in [0.2, 0.25) is 0 Å². The highest BCUT2D eigenvalue weighted by Crippen LogP contribution is 2.27. The average molecular weight is 281 g/mol. The van der Waals surface area contributed by atoms with Gasteiger partial charge in [-0.2, -0.15) is 0 Å². The molecular weight excluding hydrogens is 266 g/mol. The van der Waals surface area contributed by atoms with E-state index in [0.29, 0.717) is 0 Å². The molecule has 1 aliphatic heterocycles. The summed E-state index contributed by atoms with van der Waals surface area (Å²) in [4.78, 5) is 25.4. The van der Waals surface area contributed by atoms with Gasteiger partial charge >= 0.3 is 5.69 Å². The number of nitrogens with zero attached hydrogens (tertiary/aromatic N) is 1. The molecule has 0 saturated carbocycles. The molecule has 3 atom stereocenters. The molecule has 1 aromatic heterocycles. The molecular formula is C12H15N3O5. The zero-order chi connectivity index (χ0) is 14.7. The van der Waals surface area contributed by atoms with Crippen molar-refractivity contribution in [2.75, 3.05) is 13.2 Å². The van der Waals surface area contributed by atoms with Crippen LogP contribution in [0.3, 0.4) is 0 Å². The van der Waals surface area contributed by atoms with Crippen LogP contribution in [0.2, 0.25) is 0 Å². The van der Waals surface area contributed by atoms with Crippen molar-refractivity contribution in [2.24, 2.45) is 5.73 Å². The Morgan fingerprint density at radius 3 is 2.90 bits per heavy atom. The fourth-order valence-corrected chi connectivity index (χ4v) is 1.98. The molecule has 0 amide bonds. The Labute approximate surface area is 113 Å². The van der Waals surface area contributed by atoms with E-state index in [1.807, 2.05) is 0 Å². The number of rotatable bonds is 2. The van der Waals surface area contributed by atoms with Crippen molar-refractivity contribution in [3.63, 3.8) is 0 Å². The highest BCUT2D eigenvalue weighted by molar-refractivity contribution is 5.29. The normalized spacial score (nSPS) is 25.2. The first-order chi connectivity index (χ1) is 9.56. The monoisotopic (exact) mass is 281 g/mol. The predicted octanol–water partition coefficient (Wildman–Crippen LogP) is -2.51. The Morgan fingerprint density at radius 2 is 2.30 bits per heavy atom. The van der Waals surface area contributed by atoms with Crippen molar-refractivity contribution in [3.05, 3.63) is 32.6 Å². The van der Waals surface area contributed by atoms with Gasteiger partial charge in [0.1, 0.15) is 17.9 Å². The molecule has 0 spiro atoms. The number of nitrogens with two attached hydrogens (primary N) is 1. The van der Waals surface area contributed by atoms with Crippen LogP contribution in [0.5, 0.6) is 0 Å². The van der Waals surface area contributed by atoms with Crippen LogP contribution in [0.1, 0.15) is 18.2 Å². The van der Waals surface area contributed by atoms with Gasteiger partial charge in [0, 0.05) is 12.6 Å². The summed E-state index contributed by atoms with van der Waals surface area (Å²) in [5, 5.41) is 18.7. The Hall–Kier alpha value is -1.92. The van der Waals surface area contributed by atoms with E-state index in [-0.39, 0.29) is 25.1 Å². The van der Waals surface area contributed by atoms with Gasteiger partial charge in [0.15, 0.2) is 0 Å². The van der Waals surface area contributed by atoms with Gasteiger partial charge in [-0.1, -0.05) is 11.8 Å². The minimum absolute atomic E-state index is 0.0839. The standard InChI is InChI=1S/C12H15N3O5/c13-3-1-2-7-5-15(12(19)14-11(7)18)10-4-8(17)9(6-16)20-10/h5,8-10,16-17H,3-4,6,13H2,(H,14,18,19). The summed E-state index contributed by atoms with van der Waals surface area (Å²) in [6.07, 6.45) is -0.980. The number of aromatic amines is 1. The van der Waals surface area contributed by atoms with E-state index in [0.717, 1.165) is 4.57 Å². The second-order valence-electron chi connectivity index (χ2n) is 4.33. The molecule has 5 N–H and O–H groups in total. The number of aliphatic hydroxyl groups excluding tert-OH is 2. The van der Waals surface area contributed by atoms with Crippen molar-refractivity contribution in [1.29, 1.82) is 0 Å². The lowest BCUT2D eigenvalue weighted by molar-refractivity contribution is -0.0459. The maximum atomic E-state index is 11.8. The molecule has 0 aliphatic carbocycles. The van der Waals surface area contributed by atoms with Gasteiger partial charge in [0.05, 0.1) is 19.3 Å². The smallest absolute Gasteiger partial charge is 0.330 e. The number of aliphatic hydroxyl groups is 2. The molecule has 3 unspecified atom stereocenters. The third-order valence-corrected chi connectivity index (χ3v) is 2.99. The van der Waals surface area contributed by atoms with Crippen LogP contribution in [0, 0.1) is 11.8 Å². The van der Waals surface area contributed by atoms with Crippen LogP contribution in [-0.2, 0) is 4.74 Å². The van der Waals surface area contributed by atoms with Gasteiger partial charge in [-0.25, -0.2) is 4.79 Å². The highest BCUT2D eigenvalue weighted by atomic mass is 16.5. The van der Waals surface area contributed by atoms with Gasteiger partial charge in [-0.15, -0.1) is 0 Å². The van der Waals surface area contributed by atoms with Crippen LogP contribution >= 0.6 is 0 Å². The molecule has 1 aromatic rings. The number of aromatic nitrogens is 2. The zero-order valence-corrected chi connectivity index (χ0v) is 10.6. The predicted molar refractivity (Wildman–Crippen MR) is 68.9 cm³/mol. The Kier molecular flexibility index (Phi) is 4.36. The van der Waals surface area contributed by atoms with Crippen molar-refractivity contribution in [2.45, 2.75) is 24.9 Å². The second-order valence-corrected chi connectivity index (χ2v) is 4.33. The van der Waals surface area contributed by atoms with Crippen molar-refractivity contribution in [3.8, 4) is 11.8 Å². The lowest BCUT2D eigenvalue weighted by Gasteiger charge is -2.14. The van der Waals surface area contributed by atoms with E-state index >= 15 is 0 Å². The second kappa shape index (κ2) is 6.02. The van der Waals surface area contributed by atoms with Crippen molar-refractivity contribution < 1.29 is 14.9 Å². The lowest BCUT2D eigenvalue weighted by Crippen LogP contribution is -2.33. The number of H-pyrrole nitrogens is 1. The summed E-state index contributed by atoms with van der Waals surface area (Å²) < 4.78 is 6.50. The highest BCUT2D eigenvalue weighted by Gasteiger charge is 2.35. The first kappa shape index (κ1) is 14.5. The third-order valence-electron chi connectivity index (χ3n) is 2.99. The van der Waals surface area contributed by atoms with Crippen molar-refractivity contribution in [1.82, 2.24) is 9.55 Å². The molecule has 2 heterocycles. The SMILES string of the molecule is NCC#Cc1cn(C2CC(O)C(CO)O2)c(=O)[nH]c1=O. The molecule has 0 aromatic carbocycles. The topological polar surface area (TPSA) is 131 Å². The molecule has 8 nitrogen and oxygen atoms in total. The number of nitrogens with one attached hydrogen (secondary N) is 1. The Morgan fingerprint density at radius 1 is 1.55 bits per heavy atom. The zero-order valence-electron chi connectivity index (χ0n) is 10.6. The first-order valence-electron chi connectivity index (χ1n) is 6.05. The molecule has 20 heavy (non-hydrogen) atoms. The van der Waals surface area contributed by atoms with Crippen LogP contribution in [0.4, 0.5) is 0 Å². The van der Waals surface area contributed by atoms with E-state index in [1.54, 1.807) is 0 Å². The molecule has 2 rings (SSSR count). The summed E-state index contributed by atoms with van der Waals surface area (Å²) >= 11 is 0. The van der Waals surface area contributed by atoms with Gasteiger partial charge in [0.25, 0.3) is 5.56 Å². The summed E-state index contributed by atoms with van der Waals surface area (Å²) in [5.74, 6) is 5.08. The summed E-state index contributed by atoms with van der Waals surface area (Å²) in [5.41, 5.74) is 4.05. The van der Waals surface area contributed by atoms with Gasteiger partial charge in [-0.05, 0) is 0 Å². The van der Waals surface area contributed by atoms with E-state index in [4.69, 9.17) is 15.6 Å². The summed E-state index contributed by atoms with van der Waals surface area (Å²) in [6.45, 7) is -0.264. The fourth-order valence-electron chi connectivity index (χ4n) is 1.98. The van der Waals surface area contributed by atoms with Crippen LogP contribution in [0.15, 0.2) is 15.8 Å². The summed E-state index contributed by atoms with van der Waals surface area (Å²) in [6, 6.07) is 0. The Bertz CT molecular complexity index is 654. The molecule has 1 fully saturated rings. The third kappa shape index (κ3) is 2.81. The minimum atomic E-state index is -0.873. The van der Waals surface area contributed by atoms with Crippen LogP contribution in [0.25, 0.3) is 0 Å². The van der Waals surface area contributed by atoms with Crippen LogP contribution in [-0.4, -0.2) is 45.1 Å². The first-order valence-corrected chi connectivity index (χ1v) is 6.05. The maximum absolute atomic E-state index is 11.8. The molecule has 1 aliphatic rings. The maximum Gasteiger partial charge on any atom is 0.330 e. The molecule has 108 valence electrons. The summed E-state index contributed by atoms with van der Waals surface area (Å²) in [7, 11) is 0. The number of ether oxygens (including phenoxy) is 1. The van der Waals surface area contributed by atoms with Crippen molar-refractivity contribution >= 4 is 0 Å². The molecule has 8 heteroatoms. The Balaban J connectivity index is 2.38. The lowest BCUT2D eigenvalue weighted by atomic mass is 10.2. The molecule has 1 saturated heterocycles. The van der Waals surface area contributed by atoms with Gasteiger partial charge < -0.3 is 20.7 Å². The molecule has 0 bridgehead atoms. The van der Waals surface area contributed by atoms with E-state index in [1.165, 1.54) is 6.20 Å². The van der Waals surface area contributed by atoms with Gasteiger partial charge in [-0.3, -0.25) is 14.3 Å². The van der Waals surface area contributed by atoms with Crippen LogP contribution < -0.4 is 17.0 Å². The fraction of sp³-hybridized carbons (Fsp3) is 0.500. The van der Waals surface area contributed by atoms with E-state index < -0.39 is 29.7 Å². The number of hydrogen-bond acceptors (Lipinski definition) is 6. The van der Waals surface area contributed by atoms with E-state index in [9.17, 15) is 14.7 Å². The minimum Gasteiger partial charge on any atom is -0.394 e. The quantitative estimate of drug-likeness (QED) is 0.443. The average Bonchev–Trinajstić information content (AvgIpc) is 2.79. The van der Waals surface area contributed by atoms with E-state index in [2.05, 4.69) is 16.8 Å².